The molecule has 2 heteroatoms. The second-order valence-electron chi connectivity index (χ2n) is 2.88. The fraction of sp³-hybridized carbons (Fsp3) is 0.273. The Kier molecular flexibility index (Phi) is 3.50. The van der Waals surface area contributed by atoms with E-state index >= 15 is 0 Å². The minimum absolute atomic E-state index is 0.0266. The molecule has 0 saturated carbocycles. The number of carbonyl (C=O) groups is 1. The van der Waals surface area contributed by atoms with Crippen molar-refractivity contribution in [3.63, 3.8) is 0 Å². The molecule has 1 aromatic rings. The molecule has 1 amide bonds. The van der Waals surface area contributed by atoms with Crippen molar-refractivity contribution < 1.29 is 4.79 Å². The fourth-order valence-corrected chi connectivity index (χ4v) is 1.28. The third kappa shape index (κ3) is 2.90. The summed E-state index contributed by atoms with van der Waals surface area (Å²) in [5.74, 6) is -0.476. The normalized spacial score (nSPS) is 12.2. The maximum absolute atomic E-state index is 10.7. The van der Waals surface area contributed by atoms with E-state index in [1.54, 1.807) is 0 Å². The van der Waals surface area contributed by atoms with E-state index in [4.69, 9.17) is 6.92 Å². The summed E-state index contributed by atoms with van der Waals surface area (Å²) < 4.78 is 0. The molecule has 0 aliphatic heterocycles. The minimum Gasteiger partial charge on any atom is -0.349 e. The van der Waals surface area contributed by atoms with Gasteiger partial charge in [-0.1, -0.05) is 37.3 Å². The molecule has 0 fully saturated rings. The van der Waals surface area contributed by atoms with Gasteiger partial charge >= 0.3 is 0 Å². The zero-order valence-corrected chi connectivity index (χ0v) is 7.66. The highest BCUT2D eigenvalue weighted by Gasteiger charge is 2.08. The molecule has 2 radical (unpaired) electrons. The molecule has 13 heavy (non-hydrogen) atoms. The summed E-state index contributed by atoms with van der Waals surface area (Å²) in [4.78, 5) is 10.7. The number of benzene rings is 1. The van der Waals surface area contributed by atoms with Crippen LogP contribution >= 0.6 is 0 Å². The van der Waals surface area contributed by atoms with Gasteiger partial charge in [0.1, 0.15) is 0 Å². The standard InChI is InChI=1S/C11H13NO/c1-3-11(12-9(2)13)10-7-5-4-6-8-10/h2,4-8,11H,3H2,1H3,(H,12,13). The summed E-state index contributed by atoms with van der Waals surface area (Å²) in [7, 11) is 0. The molecular weight excluding hydrogens is 162 g/mol. The maximum Gasteiger partial charge on any atom is 0.225 e. The number of hydrogen-bond donors (Lipinski definition) is 1. The van der Waals surface area contributed by atoms with E-state index in [1.807, 2.05) is 37.3 Å². The highest BCUT2D eigenvalue weighted by molar-refractivity contribution is 5.80. The van der Waals surface area contributed by atoms with Crippen LogP contribution < -0.4 is 5.32 Å². The van der Waals surface area contributed by atoms with Gasteiger partial charge in [0.25, 0.3) is 0 Å². The summed E-state index contributed by atoms with van der Waals surface area (Å²) in [6, 6.07) is 9.81. The van der Waals surface area contributed by atoms with Gasteiger partial charge in [-0.05, 0) is 12.0 Å². The molecular formula is C11H13NO. The first-order valence-electron chi connectivity index (χ1n) is 4.35. The Balaban J connectivity index is 2.73. The fourth-order valence-electron chi connectivity index (χ4n) is 1.28. The topological polar surface area (TPSA) is 29.1 Å². The van der Waals surface area contributed by atoms with Gasteiger partial charge in [-0.2, -0.15) is 0 Å². The van der Waals surface area contributed by atoms with E-state index in [1.165, 1.54) is 0 Å². The molecule has 1 atom stereocenters. The lowest BCUT2D eigenvalue weighted by atomic mass is 10.1. The van der Waals surface area contributed by atoms with Gasteiger partial charge in [0.05, 0.1) is 13.0 Å². The molecule has 0 spiro atoms. The average Bonchev–Trinajstić information content (AvgIpc) is 2.15. The Morgan fingerprint density at radius 1 is 1.46 bits per heavy atom. The van der Waals surface area contributed by atoms with Gasteiger partial charge < -0.3 is 5.32 Å². The smallest absolute Gasteiger partial charge is 0.225 e. The monoisotopic (exact) mass is 175 g/mol. The Morgan fingerprint density at radius 2 is 2.08 bits per heavy atom. The van der Waals surface area contributed by atoms with Crippen LogP contribution in [0.3, 0.4) is 0 Å². The molecule has 1 aromatic carbocycles. The second kappa shape index (κ2) is 4.65. The van der Waals surface area contributed by atoms with Gasteiger partial charge in [0.15, 0.2) is 0 Å². The van der Waals surface area contributed by atoms with Crippen LogP contribution in [0.2, 0.25) is 0 Å². The van der Waals surface area contributed by atoms with Crippen LogP contribution in [0.25, 0.3) is 0 Å². The molecule has 0 aromatic heterocycles. The Labute approximate surface area is 79.0 Å². The molecule has 0 saturated heterocycles. The second-order valence-corrected chi connectivity index (χ2v) is 2.88. The van der Waals surface area contributed by atoms with E-state index < -0.39 is 5.91 Å². The molecule has 1 N–H and O–H groups in total. The maximum atomic E-state index is 10.7. The van der Waals surface area contributed by atoms with Crippen molar-refractivity contribution in [1.29, 1.82) is 0 Å². The van der Waals surface area contributed by atoms with Gasteiger partial charge in [0.2, 0.25) is 5.91 Å². The SMILES string of the molecule is [CH]C(=O)NC(CC)c1ccccc1. The van der Waals surface area contributed by atoms with E-state index in [0.717, 1.165) is 12.0 Å². The zero-order chi connectivity index (χ0) is 9.68. The van der Waals surface area contributed by atoms with E-state index in [0.29, 0.717) is 0 Å². The highest BCUT2D eigenvalue weighted by atomic mass is 16.1. The predicted molar refractivity (Wildman–Crippen MR) is 51.9 cm³/mol. The first kappa shape index (κ1) is 9.78. The molecule has 0 aliphatic carbocycles. The van der Waals surface area contributed by atoms with Crippen LogP contribution in [-0.4, -0.2) is 5.91 Å². The average molecular weight is 175 g/mol. The quantitative estimate of drug-likeness (QED) is 0.747. The first-order chi connectivity index (χ1) is 6.24. The molecule has 1 rings (SSSR count). The van der Waals surface area contributed by atoms with Gasteiger partial charge in [-0.3, -0.25) is 4.79 Å². The van der Waals surface area contributed by atoms with Crippen LogP contribution in [0, 0.1) is 6.92 Å². The molecule has 0 bridgehead atoms. The number of rotatable bonds is 3. The summed E-state index contributed by atoms with van der Waals surface area (Å²) in [5, 5.41) is 2.68. The van der Waals surface area contributed by atoms with Crippen LogP contribution in [0.5, 0.6) is 0 Å². The van der Waals surface area contributed by atoms with Crippen LogP contribution in [0.1, 0.15) is 24.9 Å². The van der Waals surface area contributed by atoms with Gasteiger partial charge in [-0.15, -0.1) is 0 Å². The van der Waals surface area contributed by atoms with Crippen molar-refractivity contribution in [2.45, 2.75) is 19.4 Å². The summed E-state index contributed by atoms with van der Waals surface area (Å²) in [6.07, 6.45) is 0.840. The zero-order valence-electron chi connectivity index (χ0n) is 7.66. The summed E-state index contributed by atoms with van der Waals surface area (Å²) >= 11 is 0. The van der Waals surface area contributed by atoms with Crippen LogP contribution in [0.4, 0.5) is 0 Å². The van der Waals surface area contributed by atoms with E-state index in [-0.39, 0.29) is 6.04 Å². The number of hydrogen-bond acceptors (Lipinski definition) is 1. The highest BCUT2D eigenvalue weighted by Crippen LogP contribution is 2.15. The van der Waals surface area contributed by atoms with Crippen molar-refractivity contribution in [2.75, 3.05) is 0 Å². The lowest BCUT2D eigenvalue weighted by Gasteiger charge is -2.15. The number of nitrogens with one attached hydrogen (secondary N) is 1. The summed E-state index contributed by atoms with van der Waals surface area (Å²) in [5.41, 5.74) is 1.09. The Hall–Kier alpha value is -1.31. The van der Waals surface area contributed by atoms with Gasteiger partial charge in [0, 0.05) is 0 Å². The minimum atomic E-state index is -0.476. The van der Waals surface area contributed by atoms with Crippen molar-refractivity contribution in [3.8, 4) is 0 Å². The van der Waals surface area contributed by atoms with Crippen LogP contribution in [0.15, 0.2) is 30.3 Å². The lowest BCUT2D eigenvalue weighted by molar-refractivity contribution is -0.117. The Morgan fingerprint density at radius 3 is 2.54 bits per heavy atom. The van der Waals surface area contributed by atoms with E-state index in [9.17, 15) is 4.79 Å². The molecule has 2 nitrogen and oxygen atoms in total. The molecule has 68 valence electrons. The van der Waals surface area contributed by atoms with E-state index in [2.05, 4.69) is 5.32 Å². The Bertz CT molecular complexity index is 269. The molecule has 0 aliphatic rings. The first-order valence-corrected chi connectivity index (χ1v) is 4.35. The third-order valence-corrected chi connectivity index (χ3v) is 1.93. The third-order valence-electron chi connectivity index (χ3n) is 1.93. The number of carbonyl (C=O) groups excluding carboxylic acids is 1. The van der Waals surface area contributed by atoms with Crippen molar-refractivity contribution >= 4 is 5.91 Å². The van der Waals surface area contributed by atoms with Gasteiger partial charge in [-0.25, -0.2) is 0 Å². The van der Waals surface area contributed by atoms with Crippen molar-refractivity contribution in [1.82, 2.24) is 5.32 Å². The largest absolute Gasteiger partial charge is 0.349 e. The van der Waals surface area contributed by atoms with Crippen LogP contribution in [-0.2, 0) is 4.79 Å². The molecule has 1 unspecified atom stereocenters. The summed E-state index contributed by atoms with van der Waals surface area (Å²) in [6.45, 7) is 7.06. The van der Waals surface area contributed by atoms with Crippen molar-refractivity contribution in [3.05, 3.63) is 42.8 Å². The van der Waals surface area contributed by atoms with Crippen molar-refractivity contribution in [2.24, 2.45) is 0 Å². The lowest BCUT2D eigenvalue weighted by Crippen LogP contribution is -2.25. The molecule has 0 heterocycles. The predicted octanol–water partition coefficient (Wildman–Crippen LogP) is 1.96. The number of amides is 1.